The maximum atomic E-state index is 12.7. The first-order chi connectivity index (χ1) is 13.6. The smallest absolute Gasteiger partial charge is 0.341 e. The fraction of sp³-hybridized carbons (Fsp3) is 0.455. The van der Waals surface area contributed by atoms with Crippen LogP contribution in [0.3, 0.4) is 0 Å². The molecular formula is C22H27NO4S. The maximum absolute atomic E-state index is 12.7. The number of carbonyl (C=O) groups excluding carboxylic acids is 2. The normalized spacial score (nSPS) is 13.4. The first-order valence-corrected chi connectivity index (χ1v) is 10.7. The van der Waals surface area contributed by atoms with Gasteiger partial charge in [-0.15, -0.1) is 11.3 Å². The average molecular weight is 402 g/mol. The van der Waals surface area contributed by atoms with Crippen LogP contribution in [0.15, 0.2) is 24.3 Å². The first-order valence-electron chi connectivity index (χ1n) is 9.91. The van der Waals surface area contributed by atoms with Gasteiger partial charge in [-0.2, -0.15) is 0 Å². The summed E-state index contributed by atoms with van der Waals surface area (Å²) in [5.74, 6) is 0.138. The molecule has 0 saturated carbocycles. The third-order valence-electron chi connectivity index (χ3n) is 4.92. The minimum absolute atomic E-state index is 0.235. The third-order valence-corrected chi connectivity index (χ3v) is 6.13. The number of amides is 1. The van der Waals surface area contributed by atoms with Gasteiger partial charge in [0.2, 0.25) is 0 Å². The van der Waals surface area contributed by atoms with Gasteiger partial charge in [-0.05, 0) is 61.9 Å². The molecule has 0 unspecified atom stereocenters. The number of hydrogen-bond donors (Lipinski definition) is 1. The van der Waals surface area contributed by atoms with Crippen LogP contribution in [0, 0.1) is 0 Å². The lowest BCUT2D eigenvalue weighted by Crippen LogP contribution is -2.14. The largest absolute Gasteiger partial charge is 0.494 e. The topological polar surface area (TPSA) is 64.6 Å². The molecule has 28 heavy (non-hydrogen) atoms. The molecular weight excluding hydrogens is 374 g/mol. The minimum atomic E-state index is -0.380. The number of hydrogen-bond acceptors (Lipinski definition) is 5. The second kappa shape index (κ2) is 9.73. The molecule has 5 nitrogen and oxygen atoms in total. The van der Waals surface area contributed by atoms with E-state index in [1.54, 1.807) is 24.3 Å². The Balaban J connectivity index is 1.77. The number of carbonyl (C=O) groups is 2. The zero-order chi connectivity index (χ0) is 19.9. The second-order valence-electron chi connectivity index (χ2n) is 6.94. The summed E-state index contributed by atoms with van der Waals surface area (Å²) in [4.78, 5) is 26.3. The molecule has 0 spiro atoms. The van der Waals surface area contributed by atoms with Crippen molar-refractivity contribution in [3.63, 3.8) is 0 Å². The minimum Gasteiger partial charge on any atom is -0.494 e. The molecule has 1 aromatic heterocycles. The molecule has 3 rings (SSSR count). The summed E-state index contributed by atoms with van der Waals surface area (Å²) in [6.07, 6.45) is 7.22. The van der Waals surface area contributed by atoms with Gasteiger partial charge in [-0.3, -0.25) is 4.79 Å². The Morgan fingerprint density at radius 3 is 2.57 bits per heavy atom. The summed E-state index contributed by atoms with van der Waals surface area (Å²) in [6, 6.07) is 7.09. The summed E-state index contributed by atoms with van der Waals surface area (Å²) in [7, 11) is 1.38. The highest BCUT2D eigenvalue weighted by atomic mass is 32.1. The Labute approximate surface area is 170 Å². The molecule has 2 aromatic rings. The van der Waals surface area contributed by atoms with E-state index in [4.69, 9.17) is 9.47 Å². The number of benzene rings is 1. The van der Waals surface area contributed by atoms with E-state index in [1.165, 1.54) is 23.3 Å². The monoisotopic (exact) mass is 401 g/mol. The van der Waals surface area contributed by atoms with Crippen molar-refractivity contribution in [1.82, 2.24) is 0 Å². The molecule has 0 fully saturated rings. The van der Waals surface area contributed by atoms with Gasteiger partial charge in [0.1, 0.15) is 10.8 Å². The van der Waals surface area contributed by atoms with Crippen LogP contribution < -0.4 is 10.1 Å². The summed E-state index contributed by atoms with van der Waals surface area (Å²) in [6.45, 7) is 2.79. The standard InChI is InChI=1S/C22H27NO4S/c1-3-4-14-27-16-12-10-15(11-13-16)20(24)23-21-19(22(25)26-2)17-8-6-5-7-9-18(17)28-21/h10-13H,3-9,14H2,1-2H3,(H,23,24). The molecule has 1 aliphatic rings. The lowest BCUT2D eigenvalue weighted by atomic mass is 10.1. The van der Waals surface area contributed by atoms with Crippen molar-refractivity contribution in [3.05, 3.63) is 45.8 Å². The third kappa shape index (κ3) is 4.73. The Bertz CT molecular complexity index is 826. The van der Waals surface area contributed by atoms with Crippen LogP contribution in [0.4, 0.5) is 5.00 Å². The number of ether oxygens (including phenoxy) is 2. The molecule has 0 bridgehead atoms. The van der Waals surface area contributed by atoms with E-state index in [2.05, 4.69) is 12.2 Å². The van der Waals surface area contributed by atoms with Crippen molar-refractivity contribution >= 4 is 28.2 Å². The Morgan fingerprint density at radius 2 is 1.86 bits per heavy atom. The second-order valence-corrected chi connectivity index (χ2v) is 8.05. The molecule has 150 valence electrons. The molecule has 0 radical (unpaired) electrons. The van der Waals surface area contributed by atoms with E-state index in [0.717, 1.165) is 56.3 Å². The number of methoxy groups -OCH3 is 1. The van der Waals surface area contributed by atoms with Crippen LogP contribution in [0.5, 0.6) is 5.75 Å². The molecule has 0 atom stereocenters. The maximum Gasteiger partial charge on any atom is 0.341 e. The molecule has 1 aromatic carbocycles. The predicted molar refractivity (Wildman–Crippen MR) is 112 cm³/mol. The summed E-state index contributed by atoms with van der Waals surface area (Å²) in [5.41, 5.74) is 2.10. The molecule has 1 aliphatic carbocycles. The fourth-order valence-electron chi connectivity index (χ4n) is 3.36. The van der Waals surface area contributed by atoms with Gasteiger partial charge in [0.15, 0.2) is 0 Å². The van der Waals surface area contributed by atoms with Gasteiger partial charge in [-0.25, -0.2) is 4.79 Å². The summed E-state index contributed by atoms with van der Waals surface area (Å²) < 4.78 is 10.6. The van der Waals surface area contributed by atoms with Crippen molar-refractivity contribution in [3.8, 4) is 5.75 Å². The van der Waals surface area contributed by atoms with E-state index in [1.807, 2.05) is 0 Å². The molecule has 6 heteroatoms. The first kappa shape index (κ1) is 20.4. The lowest BCUT2D eigenvalue weighted by Gasteiger charge is -2.09. The van der Waals surface area contributed by atoms with Gasteiger partial charge in [0.25, 0.3) is 5.91 Å². The summed E-state index contributed by atoms with van der Waals surface area (Å²) in [5, 5.41) is 3.52. The number of aryl methyl sites for hydroxylation is 1. The molecule has 0 aliphatic heterocycles. The van der Waals surface area contributed by atoms with Gasteiger partial charge in [-0.1, -0.05) is 19.8 Å². The quantitative estimate of drug-likeness (QED) is 0.392. The van der Waals surface area contributed by atoms with E-state index in [9.17, 15) is 9.59 Å². The predicted octanol–water partition coefficient (Wildman–Crippen LogP) is 5.23. The van der Waals surface area contributed by atoms with E-state index in [-0.39, 0.29) is 11.9 Å². The van der Waals surface area contributed by atoms with E-state index in [0.29, 0.717) is 22.7 Å². The molecule has 0 saturated heterocycles. The van der Waals surface area contributed by atoms with Crippen molar-refractivity contribution in [2.24, 2.45) is 0 Å². The fourth-order valence-corrected chi connectivity index (χ4v) is 4.63. The van der Waals surface area contributed by atoms with Crippen molar-refractivity contribution in [2.75, 3.05) is 19.0 Å². The molecule has 1 amide bonds. The Hall–Kier alpha value is -2.34. The Kier molecular flexibility index (Phi) is 7.09. The van der Waals surface area contributed by atoms with Crippen LogP contribution in [-0.2, 0) is 17.6 Å². The summed E-state index contributed by atoms with van der Waals surface area (Å²) >= 11 is 1.50. The number of unbranched alkanes of at least 4 members (excludes halogenated alkanes) is 1. The molecule has 1 heterocycles. The number of esters is 1. The number of thiophene rings is 1. The molecule has 1 N–H and O–H groups in total. The van der Waals surface area contributed by atoms with Gasteiger partial charge in [0, 0.05) is 10.4 Å². The van der Waals surface area contributed by atoms with E-state index < -0.39 is 0 Å². The van der Waals surface area contributed by atoms with E-state index >= 15 is 0 Å². The highest BCUT2D eigenvalue weighted by molar-refractivity contribution is 7.17. The zero-order valence-corrected chi connectivity index (χ0v) is 17.3. The number of fused-ring (bicyclic) bond motifs is 1. The van der Waals surface area contributed by atoms with Crippen molar-refractivity contribution in [1.29, 1.82) is 0 Å². The number of nitrogens with one attached hydrogen (secondary N) is 1. The average Bonchev–Trinajstić information content (AvgIpc) is 2.88. The van der Waals surface area contributed by atoms with Crippen molar-refractivity contribution < 1.29 is 19.1 Å². The van der Waals surface area contributed by atoms with Gasteiger partial charge in [0.05, 0.1) is 19.3 Å². The zero-order valence-electron chi connectivity index (χ0n) is 16.5. The van der Waals surface area contributed by atoms with Gasteiger partial charge < -0.3 is 14.8 Å². The van der Waals surface area contributed by atoms with Crippen LogP contribution in [0.2, 0.25) is 0 Å². The SMILES string of the molecule is CCCCOc1ccc(C(=O)Nc2sc3c(c2C(=O)OC)CCCCC3)cc1. The van der Waals surface area contributed by atoms with Crippen LogP contribution in [-0.4, -0.2) is 25.6 Å². The van der Waals surface area contributed by atoms with Crippen LogP contribution in [0.25, 0.3) is 0 Å². The Morgan fingerprint density at radius 1 is 1.11 bits per heavy atom. The van der Waals surface area contributed by atoms with Crippen molar-refractivity contribution in [2.45, 2.75) is 51.9 Å². The van der Waals surface area contributed by atoms with Crippen LogP contribution in [0.1, 0.15) is 70.2 Å². The van der Waals surface area contributed by atoms with Crippen LogP contribution >= 0.6 is 11.3 Å². The highest BCUT2D eigenvalue weighted by Gasteiger charge is 2.26. The number of rotatable bonds is 7. The lowest BCUT2D eigenvalue weighted by molar-refractivity contribution is 0.0601. The van der Waals surface area contributed by atoms with Gasteiger partial charge >= 0.3 is 5.97 Å². The highest BCUT2D eigenvalue weighted by Crippen LogP contribution is 2.38. The number of anilines is 1.